The summed E-state index contributed by atoms with van der Waals surface area (Å²) >= 11 is 0. The van der Waals surface area contributed by atoms with Crippen LogP contribution in [0.4, 0.5) is 0 Å². The molecule has 0 bridgehead atoms. The molecule has 63 heavy (non-hydrogen) atoms. The Hall–Kier alpha value is -7.20. The summed E-state index contributed by atoms with van der Waals surface area (Å²) in [5, 5.41) is 10.7. The van der Waals surface area contributed by atoms with Gasteiger partial charge in [0.05, 0.1) is 22.1 Å². The highest BCUT2D eigenvalue weighted by molar-refractivity contribution is 7.19. The van der Waals surface area contributed by atoms with E-state index < -0.39 is 8.07 Å². The van der Waals surface area contributed by atoms with Crippen molar-refractivity contribution in [3.05, 3.63) is 230 Å². The minimum Gasteiger partial charge on any atom is -0.309 e. The molecule has 1 aliphatic rings. The van der Waals surface area contributed by atoms with Crippen LogP contribution in [0.1, 0.15) is 43.6 Å². The fourth-order valence-corrected chi connectivity index (χ4v) is 16.0. The van der Waals surface area contributed by atoms with Crippen LogP contribution in [-0.4, -0.2) is 17.2 Å². The molecule has 12 rings (SSSR count). The summed E-state index contributed by atoms with van der Waals surface area (Å²) in [6.45, 7) is 0. The molecule has 0 unspecified atom stereocenters. The molecule has 0 saturated heterocycles. The number of aromatic nitrogens is 2. The highest BCUT2D eigenvalue weighted by Gasteiger charge is 2.41. The van der Waals surface area contributed by atoms with Gasteiger partial charge in [0.1, 0.15) is 0 Å². The third kappa shape index (κ3) is 6.13. The lowest BCUT2D eigenvalue weighted by Crippen LogP contribution is -2.74. The predicted molar refractivity (Wildman–Crippen MR) is 270 cm³/mol. The molecular formula is C60H48N2Si. The Morgan fingerprint density at radius 3 is 1.46 bits per heavy atom. The lowest BCUT2D eigenvalue weighted by molar-refractivity contribution is 0.445. The van der Waals surface area contributed by atoms with Crippen LogP contribution in [0.2, 0.25) is 0 Å². The fraction of sp³-hybridized carbons (Fsp3) is 0.100. The summed E-state index contributed by atoms with van der Waals surface area (Å²) < 4.78 is 5.04. The third-order valence-electron chi connectivity index (χ3n) is 14.1. The normalized spacial score (nSPS) is 13.7. The number of rotatable bonds is 8. The van der Waals surface area contributed by atoms with Crippen molar-refractivity contribution < 1.29 is 0 Å². The van der Waals surface area contributed by atoms with Crippen LogP contribution in [0.15, 0.2) is 224 Å². The van der Waals surface area contributed by atoms with E-state index in [2.05, 4.69) is 234 Å². The maximum Gasteiger partial charge on any atom is 0.179 e. The molecule has 1 aliphatic carbocycles. The van der Waals surface area contributed by atoms with Gasteiger partial charge in [0.25, 0.3) is 0 Å². The smallest absolute Gasteiger partial charge is 0.179 e. The molecule has 302 valence electrons. The first-order valence-corrected chi connectivity index (χ1v) is 24.7. The lowest BCUT2D eigenvalue weighted by atomic mass is 9.83. The predicted octanol–water partition coefficient (Wildman–Crippen LogP) is 13.0. The Bertz CT molecular complexity index is 3260. The molecule has 9 aromatic carbocycles. The first-order chi connectivity index (χ1) is 31.3. The number of fused-ring (bicyclic) bond motifs is 6. The first-order valence-electron chi connectivity index (χ1n) is 22.7. The van der Waals surface area contributed by atoms with E-state index in [0.717, 1.165) is 0 Å². The highest BCUT2D eigenvalue weighted by Crippen LogP contribution is 2.43. The number of hydrogen-bond donors (Lipinski definition) is 0. The van der Waals surface area contributed by atoms with Crippen LogP contribution in [0, 0.1) is 0 Å². The standard InChI is InChI=1S/C60H48N2Si/c1-5-19-44(20-6-1)52-31-18-32-55-56-42-47(61-57-33-15-13-29-53(57)54-30-14-16-34-58(54)61)37-40-59(56)62(60(52)55)46-22-17-21-45(41-46)43-35-38-51(39-36-43)63(48-23-7-2-8-24-48,49-25-9-3-10-26-49)50-27-11-4-12-28-50/h2-4,7-18,21-42,44H,1,5-6,19-20H2. The topological polar surface area (TPSA) is 9.86 Å². The highest BCUT2D eigenvalue weighted by atomic mass is 28.3. The Morgan fingerprint density at radius 1 is 0.333 bits per heavy atom. The van der Waals surface area contributed by atoms with Gasteiger partial charge in [-0.15, -0.1) is 0 Å². The average Bonchev–Trinajstić information content (AvgIpc) is 3.88. The summed E-state index contributed by atoms with van der Waals surface area (Å²) in [5.74, 6) is 0.557. The molecule has 2 aromatic heterocycles. The van der Waals surface area contributed by atoms with Gasteiger partial charge in [-0.1, -0.05) is 201 Å². The minimum atomic E-state index is -2.62. The van der Waals surface area contributed by atoms with E-state index in [1.807, 2.05) is 0 Å². The second-order valence-electron chi connectivity index (χ2n) is 17.5. The minimum absolute atomic E-state index is 0.557. The van der Waals surface area contributed by atoms with E-state index in [1.54, 1.807) is 0 Å². The molecule has 0 radical (unpaired) electrons. The molecule has 0 amide bonds. The molecule has 2 nitrogen and oxygen atoms in total. The second kappa shape index (κ2) is 15.6. The molecule has 1 saturated carbocycles. The van der Waals surface area contributed by atoms with Crippen molar-refractivity contribution in [1.29, 1.82) is 0 Å². The van der Waals surface area contributed by atoms with Crippen molar-refractivity contribution in [2.75, 3.05) is 0 Å². The zero-order valence-electron chi connectivity index (χ0n) is 35.4. The van der Waals surface area contributed by atoms with Crippen LogP contribution in [0.25, 0.3) is 66.1 Å². The molecule has 1 fully saturated rings. The maximum atomic E-state index is 2.58. The van der Waals surface area contributed by atoms with Gasteiger partial charge in [-0.25, -0.2) is 0 Å². The van der Waals surface area contributed by atoms with Crippen LogP contribution in [0.3, 0.4) is 0 Å². The molecule has 11 aromatic rings. The number of para-hydroxylation sites is 3. The van der Waals surface area contributed by atoms with Gasteiger partial charge in [0, 0.05) is 32.9 Å². The summed E-state index contributed by atoms with van der Waals surface area (Å²) in [5.41, 5.74) is 11.4. The van der Waals surface area contributed by atoms with Crippen molar-refractivity contribution in [2.24, 2.45) is 0 Å². The Morgan fingerprint density at radius 2 is 0.841 bits per heavy atom. The van der Waals surface area contributed by atoms with Gasteiger partial charge >= 0.3 is 0 Å². The zero-order chi connectivity index (χ0) is 41.7. The summed E-state index contributed by atoms with van der Waals surface area (Å²) in [4.78, 5) is 0. The molecule has 0 aliphatic heterocycles. The summed E-state index contributed by atoms with van der Waals surface area (Å²) in [6, 6.07) is 84.3. The van der Waals surface area contributed by atoms with Crippen LogP contribution in [0.5, 0.6) is 0 Å². The quantitative estimate of drug-likeness (QED) is 0.107. The van der Waals surface area contributed by atoms with E-state index in [0.29, 0.717) is 5.92 Å². The average molecular weight is 825 g/mol. The largest absolute Gasteiger partial charge is 0.309 e. The van der Waals surface area contributed by atoms with Crippen LogP contribution < -0.4 is 20.7 Å². The number of benzene rings is 9. The molecule has 0 N–H and O–H groups in total. The van der Waals surface area contributed by atoms with Crippen molar-refractivity contribution in [3.63, 3.8) is 0 Å². The molecule has 0 spiro atoms. The van der Waals surface area contributed by atoms with Gasteiger partial charge in [0.15, 0.2) is 8.07 Å². The monoisotopic (exact) mass is 824 g/mol. The Labute approximate surface area is 370 Å². The summed E-state index contributed by atoms with van der Waals surface area (Å²) in [6.07, 6.45) is 6.43. The fourth-order valence-electron chi connectivity index (χ4n) is 11.2. The van der Waals surface area contributed by atoms with Gasteiger partial charge in [0.2, 0.25) is 0 Å². The van der Waals surface area contributed by atoms with Gasteiger partial charge in [-0.05, 0) is 98.7 Å². The maximum absolute atomic E-state index is 2.62. The van der Waals surface area contributed by atoms with Gasteiger partial charge in [-0.2, -0.15) is 0 Å². The number of nitrogens with zero attached hydrogens (tertiary/aromatic N) is 2. The Kier molecular flexibility index (Phi) is 9.30. The van der Waals surface area contributed by atoms with Gasteiger partial charge in [-0.3, -0.25) is 0 Å². The van der Waals surface area contributed by atoms with Crippen LogP contribution >= 0.6 is 0 Å². The van der Waals surface area contributed by atoms with Crippen molar-refractivity contribution >= 4 is 72.4 Å². The Balaban J connectivity index is 1.03. The first kappa shape index (κ1) is 37.5. The van der Waals surface area contributed by atoms with E-state index in [1.165, 1.54) is 125 Å². The molecule has 2 heterocycles. The van der Waals surface area contributed by atoms with Crippen molar-refractivity contribution in [2.45, 2.75) is 38.0 Å². The zero-order valence-corrected chi connectivity index (χ0v) is 36.4. The van der Waals surface area contributed by atoms with E-state index in [4.69, 9.17) is 0 Å². The molecule has 3 heteroatoms. The van der Waals surface area contributed by atoms with Gasteiger partial charge < -0.3 is 9.13 Å². The third-order valence-corrected chi connectivity index (χ3v) is 18.9. The van der Waals surface area contributed by atoms with E-state index in [9.17, 15) is 0 Å². The van der Waals surface area contributed by atoms with Crippen molar-refractivity contribution in [1.82, 2.24) is 9.13 Å². The van der Waals surface area contributed by atoms with E-state index in [-0.39, 0.29) is 0 Å². The lowest BCUT2D eigenvalue weighted by Gasteiger charge is -2.34. The number of hydrogen-bond acceptors (Lipinski definition) is 0. The SMILES string of the molecule is c1ccc([Si](c2ccccc2)(c2ccccc2)c2ccc(-c3cccc(-n4c5ccc(-n6c7ccccc7c7ccccc76)cc5c5cccc(C6CCCCC6)c54)c3)cc2)cc1. The van der Waals surface area contributed by atoms with Crippen molar-refractivity contribution in [3.8, 4) is 22.5 Å². The van der Waals surface area contributed by atoms with Crippen LogP contribution in [-0.2, 0) is 0 Å². The second-order valence-corrected chi connectivity index (χ2v) is 21.3. The van der Waals surface area contributed by atoms with E-state index >= 15 is 0 Å². The summed E-state index contributed by atoms with van der Waals surface area (Å²) in [7, 11) is -2.62. The molecule has 0 atom stereocenters. The molecular weight excluding hydrogens is 777 g/mol.